The summed E-state index contributed by atoms with van der Waals surface area (Å²) in [6.07, 6.45) is 0. The van der Waals surface area contributed by atoms with Crippen molar-refractivity contribution in [3.05, 3.63) is 192 Å². The van der Waals surface area contributed by atoms with Crippen LogP contribution in [0.25, 0.3) is 50.7 Å². The number of fused-ring (bicyclic) bond motifs is 7. The van der Waals surface area contributed by atoms with E-state index in [4.69, 9.17) is 0 Å². The third-order valence-electron chi connectivity index (χ3n) is 10.2. The molecular weight excluding hydrogens is 605 g/mol. The van der Waals surface area contributed by atoms with Gasteiger partial charge < -0.3 is 9.47 Å². The van der Waals surface area contributed by atoms with Gasteiger partial charge >= 0.3 is 0 Å². The van der Waals surface area contributed by atoms with E-state index in [2.05, 4.69) is 127 Å². The van der Waals surface area contributed by atoms with Gasteiger partial charge in [-0.3, -0.25) is 0 Å². The Hall–Kier alpha value is -6.12. The van der Waals surface area contributed by atoms with E-state index in [1.165, 1.54) is 49.6 Å². The van der Waals surface area contributed by atoms with Crippen LogP contribution in [-0.4, -0.2) is 4.57 Å². The standard InChI is InChI=1S/C48H38N2/c1-33-19-30-45-43(31-33)42-29-28-41-40-27-24-35(32-44(40)48(2,3)46(41)47(42)50(45)38-17-11-6-12-18-38)21-20-34-22-25-39(26-23-34)49(36-13-7-4-8-14-36)37-15-9-5-10-16-37/h4-32H,1-3H3/b21-20+/i20D,21D. The first-order valence-electron chi connectivity index (χ1n) is 18.3. The fourth-order valence-electron chi connectivity index (χ4n) is 7.87. The van der Waals surface area contributed by atoms with Crippen LogP contribution >= 0.6 is 0 Å². The van der Waals surface area contributed by atoms with Crippen molar-refractivity contribution in [1.82, 2.24) is 4.57 Å². The van der Waals surface area contributed by atoms with E-state index in [0.29, 0.717) is 5.56 Å². The quantitative estimate of drug-likeness (QED) is 0.164. The number of anilines is 3. The van der Waals surface area contributed by atoms with Crippen LogP contribution in [-0.2, 0) is 5.41 Å². The van der Waals surface area contributed by atoms with Crippen molar-refractivity contribution in [3.63, 3.8) is 0 Å². The molecule has 2 nitrogen and oxygen atoms in total. The molecule has 0 saturated carbocycles. The molecular formula is C48H38N2. The molecule has 0 saturated heterocycles. The zero-order valence-corrected chi connectivity index (χ0v) is 28.5. The lowest BCUT2D eigenvalue weighted by atomic mass is 9.81. The van der Waals surface area contributed by atoms with E-state index >= 15 is 0 Å². The minimum Gasteiger partial charge on any atom is -0.311 e. The molecule has 50 heavy (non-hydrogen) atoms. The number of hydrogen-bond acceptors (Lipinski definition) is 1. The Bertz CT molecular complexity index is 2620. The second kappa shape index (κ2) is 11.8. The molecule has 8 aromatic rings. The fourth-order valence-corrected chi connectivity index (χ4v) is 7.87. The van der Waals surface area contributed by atoms with Gasteiger partial charge in [0.05, 0.1) is 13.8 Å². The summed E-state index contributed by atoms with van der Waals surface area (Å²) in [7, 11) is 0. The Morgan fingerprint density at radius 3 is 1.82 bits per heavy atom. The molecule has 1 aromatic heterocycles. The first-order valence-corrected chi connectivity index (χ1v) is 17.3. The number of aryl methyl sites for hydroxylation is 1. The maximum atomic E-state index is 9.27. The smallest absolute Gasteiger partial charge is 0.0629 e. The van der Waals surface area contributed by atoms with Gasteiger partial charge in [0.2, 0.25) is 0 Å². The van der Waals surface area contributed by atoms with Crippen LogP contribution < -0.4 is 4.90 Å². The Balaban J connectivity index is 1.12. The van der Waals surface area contributed by atoms with Gasteiger partial charge in [-0.15, -0.1) is 0 Å². The summed E-state index contributed by atoms with van der Waals surface area (Å²) < 4.78 is 20.9. The molecule has 0 atom stereocenters. The van der Waals surface area contributed by atoms with Crippen LogP contribution in [0.15, 0.2) is 164 Å². The van der Waals surface area contributed by atoms with Gasteiger partial charge in [0.15, 0.2) is 0 Å². The lowest BCUT2D eigenvalue weighted by molar-refractivity contribution is 0.663. The highest BCUT2D eigenvalue weighted by Crippen LogP contribution is 2.53. The predicted octanol–water partition coefficient (Wildman–Crippen LogP) is 13.0. The Morgan fingerprint density at radius 2 is 1.14 bits per heavy atom. The molecule has 0 fully saturated rings. The average Bonchev–Trinajstić information content (AvgIpc) is 3.63. The summed E-state index contributed by atoms with van der Waals surface area (Å²) in [4.78, 5) is 2.20. The van der Waals surface area contributed by atoms with Crippen molar-refractivity contribution in [3.8, 4) is 16.8 Å². The number of rotatable bonds is 6. The summed E-state index contributed by atoms with van der Waals surface area (Å²) in [6.45, 7) is 6.76. The molecule has 1 heterocycles. The maximum Gasteiger partial charge on any atom is 0.0629 e. The van der Waals surface area contributed by atoms with E-state index in [1.807, 2.05) is 66.7 Å². The molecule has 0 N–H and O–H groups in total. The van der Waals surface area contributed by atoms with Gasteiger partial charge in [0.1, 0.15) is 0 Å². The van der Waals surface area contributed by atoms with Crippen LogP contribution in [0.4, 0.5) is 17.1 Å². The second-order valence-electron chi connectivity index (χ2n) is 13.8. The van der Waals surface area contributed by atoms with E-state index in [-0.39, 0.29) is 17.5 Å². The summed E-state index contributed by atoms with van der Waals surface area (Å²) in [5.74, 6) is 0. The highest BCUT2D eigenvalue weighted by atomic mass is 15.1. The van der Waals surface area contributed by atoms with Crippen molar-refractivity contribution < 1.29 is 2.74 Å². The van der Waals surface area contributed by atoms with Crippen molar-refractivity contribution in [2.45, 2.75) is 26.2 Å². The number of hydrogen-bond donors (Lipinski definition) is 0. The molecule has 0 aliphatic heterocycles. The first kappa shape index (κ1) is 27.8. The number of aromatic nitrogens is 1. The molecule has 7 aromatic carbocycles. The minimum atomic E-state index is -0.335. The van der Waals surface area contributed by atoms with Crippen LogP contribution in [0.1, 0.15) is 44.4 Å². The molecule has 0 unspecified atom stereocenters. The second-order valence-corrected chi connectivity index (χ2v) is 13.8. The SMILES string of the molecule is [2H]/C(=C(/[2H])c1ccc2c(c1)C(C)(C)c1c-2ccc2c3cc(C)ccc3n(-c3ccccc3)c12)c1ccc(N(c2ccccc2)c2ccccc2)cc1. The monoisotopic (exact) mass is 644 g/mol. The topological polar surface area (TPSA) is 8.17 Å². The molecule has 0 bridgehead atoms. The van der Waals surface area contributed by atoms with E-state index in [0.717, 1.165) is 28.3 Å². The van der Waals surface area contributed by atoms with Crippen LogP contribution in [0.5, 0.6) is 0 Å². The minimum absolute atomic E-state index is 0.202. The lowest BCUT2D eigenvalue weighted by Gasteiger charge is -2.25. The third kappa shape index (κ3) is 4.87. The van der Waals surface area contributed by atoms with Crippen molar-refractivity contribution >= 4 is 51.0 Å². The normalized spacial score (nSPS) is 14.1. The predicted molar refractivity (Wildman–Crippen MR) is 213 cm³/mol. The van der Waals surface area contributed by atoms with Gasteiger partial charge in [0.25, 0.3) is 0 Å². The van der Waals surface area contributed by atoms with Crippen molar-refractivity contribution in [1.29, 1.82) is 0 Å². The van der Waals surface area contributed by atoms with Gasteiger partial charge in [-0.2, -0.15) is 0 Å². The molecule has 0 spiro atoms. The Kier molecular flexibility index (Phi) is 6.55. The highest BCUT2D eigenvalue weighted by Gasteiger charge is 2.38. The van der Waals surface area contributed by atoms with E-state index < -0.39 is 0 Å². The average molecular weight is 645 g/mol. The molecule has 9 rings (SSSR count). The van der Waals surface area contributed by atoms with Crippen LogP contribution in [0, 0.1) is 6.92 Å². The van der Waals surface area contributed by atoms with Gasteiger partial charge in [0, 0.05) is 38.9 Å². The summed E-state index contributed by atoms with van der Waals surface area (Å²) in [5.41, 5.74) is 14.0. The molecule has 2 heteroatoms. The molecule has 0 radical (unpaired) electrons. The molecule has 240 valence electrons. The van der Waals surface area contributed by atoms with Crippen molar-refractivity contribution in [2.24, 2.45) is 0 Å². The first-order chi connectivity index (χ1) is 25.3. The third-order valence-corrected chi connectivity index (χ3v) is 10.2. The summed E-state index contributed by atoms with van der Waals surface area (Å²) >= 11 is 0. The zero-order valence-electron chi connectivity index (χ0n) is 30.5. The summed E-state index contributed by atoms with van der Waals surface area (Å²) in [5, 5.41) is 2.50. The number of nitrogens with zero attached hydrogens (tertiary/aromatic N) is 2. The fraction of sp³-hybridized carbons (Fsp3) is 0.0833. The van der Waals surface area contributed by atoms with Gasteiger partial charge in [-0.1, -0.05) is 135 Å². The zero-order chi connectivity index (χ0) is 35.6. The summed E-state index contributed by atoms with van der Waals surface area (Å²) in [6, 6.07) is 57.3. The van der Waals surface area contributed by atoms with E-state index in [1.54, 1.807) is 0 Å². The lowest BCUT2D eigenvalue weighted by Crippen LogP contribution is -2.16. The van der Waals surface area contributed by atoms with Crippen molar-refractivity contribution in [2.75, 3.05) is 4.90 Å². The number of benzene rings is 7. The molecule has 1 aliphatic carbocycles. The largest absolute Gasteiger partial charge is 0.311 e. The van der Waals surface area contributed by atoms with Crippen LogP contribution in [0.2, 0.25) is 0 Å². The Labute approximate surface area is 297 Å². The maximum absolute atomic E-state index is 9.27. The number of para-hydroxylation sites is 3. The van der Waals surface area contributed by atoms with E-state index in [9.17, 15) is 2.74 Å². The highest BCUT2D eigenvalue weighted by molar-refractivity contribution is 6.13. The molecule has 1 aliphatic rings. The van der Waals surface area contributed by atoms with Gasteiger partial charge in [-0.05, 0) is 101 Å². The molecule has 0 amide bonds. The Morgan fingerprint density at radius 1 is 0.560 bits per heavy atom. The van der Waals surface area contributed by atoms with Crippen LogP contribution in [0.3, 0.4) is 0 Å². The van der Waals surface area contributed by atoms with Gasteiger partial charge in [-0.25, -0.2) is 0 Å².